The van der Waals surface area contributed by atoms with Gasteiger partial charge in [0.25, 0.3) is 5.91 Å². The van der Waals surface area contributed by atoms with Crippen LogP contribution in [0.2, 0.25) is 0 Å². The highest BCUT2D eigenvalue weighted by Crippen LogP contribution is 2.32. The lowest BCUT2D eigenvalue weighted by Crippen LogP contribution is -2.36. The van der Waals surface area contributed by atoms with Gasteiger partial charge in [0.2, 0.25) is 0 Å². The number of benzene rings is 2. The van der Waals surface area contributed by atoms with Crippen molar-refractivity contribution in [2.45, 2.75) is 33.2 Å². The van der Waals surface area contributed by atoms with Crippen LogP contribution >= 0.6 is 0 Å². The molecule has 0 saturated carbocycles. The Morgan fingerprint density at radius 2 is 1.89 bits per heavy atom. The summed E-state index contributed by atoms with van der Waals surface area (Å²) < 4.78 is 0. The third kappa shape index (κ3) is 3.28. The lowest BCUT2D eigenvalue weighted by Gasteiger charge is -2.22. The number of amides is 1. The molecule has 1 N–H and O–H groups in total. The monoisotopic (exact) mass is 358 g/mol. The smallest absolute Gasteiger partial charge is 0.278 e. The zero-order chi connectivity index (χ0) is 19.0. The topological polar surface area (TPSA) is 58.1 Å². The molecule has 2 aromatic carbocycles. The molecule has 0 spiro atoms. The SMILES string of the molecule is Cc1ccc(Nc2cnc(C(=O)N3c4ccccc4CC3C)cn2)cc1C. The molecule has 0 fully saturated rings. The van der Waals surface area contributed by atoms with E-state index in [1.807, 2.05) is 29.2 Å². The number of aromatic nitrogens is 2. The normalized spacial score (nSPS) is 15.5. The molecule has 136 valence electrons. The van der Waals surface area contributed by atoms with E-state index < -0.39 is 0 Å². The molecule has 4 rings (SSSR count). The third-order valence-electron chi connectivity index (χ3n) is 5.08. The van der Waals surface area contributed by atoms with Gasteiger partial charge >= 0.3 is 0 Å². The number of rotatable bonds is 3. The van der Waals surface area contributed by atoms with Gasteiger partial charge in [0.05, 0.1) is 12.4 Å². The molecule has 3 aromatic rings. The average Bonchev–Trinajstić information content (AvgIpc) is 3.00. The molecule has 0 aliphatic carbocycles. The van der Waals surface area contributed by atoms with Crippen LogP contribution in [-0.2, 0) is 6.42 Å². The van der Waals surface area contributed by atoms with Crippen molar-refractivity contribution in [1.82, 2.24) is 9.97 Å². The fourth-order valence-electron chi connectivity index (χ4n) is 3.47. The van der Waals surface area contributed by atoms with Crippen LogP contribution < -0.4 is 10.2 Å². The van der Waals surface area contributed by atoms with Gasteiger partial charge in [-0.15, -0.1) is 0 Å². The van der Waals surface area contributed by atoms with E-state index >= 15 is 0 Å². The fraction of sp³-hybridized carbons (Fsp3) is 0.227. The van der Waals surface area contributed by atoms with Gasteiger partial charge in [-0.1, -0.05) is 24.3 Å². The number of hydrogen-bond acceptors (Lipinski definition) is 4. The number of carbonyl (C=O) groups excluding carboxylic acids is 1. The van der Waals surface area contributed by atoms with Crippen LogP contribution in [-0.4, -0.2) is 21.9 Å². The van der Waals surface area contributed by atoms with E-state index in [0.717, 1.165) is 17.8 Å². The van der Waals surface area contributed by atoms with Gasteiger partial charge in [-0.05, 0) is 62.1 Å². The molecule has 0 radical (unpaired) electrons. The van der Waals surface area contributed by atoms with E-state index in [2.05, 4.69) is 54.3 Å². The number of hydrogen-bond donors (Lipinski definition) is 1. The quantitative estimate of drug-likeness (QED) is 0.752. The Morgan fingerprint density at radius 3 is 2.63 bits per heavy atom. The van der Waals surface area contributed by atoms with Crippen LogP contribution in [0.3, 0.4) is 0 Å². The predicted octanol–water partition coefficient (Wildman–Crippen LogP) is 4.43. The van der Waals surface area contributed by atoms with Crippen molar-refractivity contribution < 1.29 is 4.79 Å². The summed E-state index contributed by atoms with van der Waals surface area (Å²) in [5, 5.41) is 3.23. The fourth-order valence-corrected chi connectivity index (χ4v) is 3.47. The van der Waals surface area contributed by atoms with Crippen molar-refractivity contribution in [3.05, 3.63) is 77.2 Å². The molecule has 0 bridgehead atoms. The Balaban J connectivity index is 1.54. The summed E-state index contributed by atoms with van der Waals surface area (Å²) in [6.07, 6.45) is 4.01. The summed E-state index contributed by atoms with van der Waals surface area (Å²) in [4.78, 5) is 23.5. The number of nitrogens with one attached hydrogen (secondary N) is 1. The number of carbonyl (C=O) groups is 1. The predicted molar refractivity (Wildman–Crippen MR) is 108 cm³/mol. The Labute approximate surface area is 159 Å². The van der Waals surface area contributed by atoms with Gasteiger partial charge in [-0.25, -0.2) is 9.97 Å². The minimum Gasteiger partial charge on any atom is -0.339 e. The van der Waals surface area contributed by atoms with Gasteiger partial charge < -0.3 is 10.2 Å². The molecule has 0 saturated heterocycles. The van der Waals surface area contributed by atoms with Gasteiger partial charge in [0.1, 0.15) is 11.5 Å². The Bertz CT molecular complexity index is 997. The van der Waals surface area contributed by atoms with Crippen molar-refractivity contribution in [2.75, 3.05) is 10.2 Å². The minimum atomic E-state index is -0.113. The van der Waals surface area contributed by atoms with E-state index in [1.165, 1.54) is 16.7 Å². The first-order valence-corrected chi connectivity index (χ1v) is 9.11. The highest BCUT2D eigenvalue weighted by Gasteiger charge is 2.31. The highest BCUT2D eigenvalue weighted by molar-refractivity contribution is 6.06. The molecule has 1 unspecified atom stereocenters. The summed E-state index contributed by atoms with van der Waals surface area (Å²) in [5.41, 5.74) is 5.92. The Kier molecular flexibility index (Phi) is 4.36. The van der Waals surface area contributed by atoms with Crippen LogP contribution in [0.25, 0.3) is 0 Å². The van der Waals surface area contributed by atoms with Gasteiger partial charge in [0, 0.05) is 17.4 Å². The minimum absolute atomic E-state index is 0.113. The third-order valence-corrected chi connectivity index (χ3v) is 5.08. The molecule has 5 heteroatoms. The molecule has 1 aromatic heterocycles. The van der Waals surface area contributed by atoms with Crippen molar-refractivity contribution in [2.24, 2.45) is 0 Å². The number of anilines is 3. The zero-order valence-electron chi connectivity index (χ0n) is 15.7. The summed E-state index contributed by atoms with van der Waals surface area (Å²) in [5.74, 6) is 0.502. The second-order valence-corrected chi connectivity index (χ2v) is 7.07. The first kappa shape index (κ1) is 17.2. The number of aryl methyl sites for hydroxylation is 2. The molecule has 1 aliphatic rings. The number of fused-ring (bicyclic) bond motifs is 1. The van der Waals surface area contributed by atoms with Crippen LogP contribution in [0.4, 0.5) is 17.2 Å². The first-order valence-electron chi connectivity index (χ1n) is 9.11. The van der Waals surface area contributed by atoms with E-state index in [0.29, 0.717) is 11.5 Å². The van der Waals surface area contributed by atoms with Crippen LogP contribution in [0.5, 0.6) is 0 Å². The molecule has 1 atom stereocenters. The number of nitrogens with zero attached hydrogens (tertiary/aromatic N) is 3. The molecule has 1 aliphatic heterocycles. The maximum atomic E-state index is 13.0. The standard InChI is InChI=1S/C22H22N4O/c1-14-8-9-18(10-15(14)2)25-21-13-23-19(12-24-21)22(27)26-16(3)11-17-6-4-5-7-20(17)26/h4-10,12-13,16H,11H2,1-3H3,(H,24,25). The maximum Gasteiger partial charge on any atom is 0.278 e. The van der Waals surface area contributed by atoms with Gasteiger partial charge in [-0.3, -0.25) is 4.79 Å². The second kappa shape index (κ2) is 6.83. The second-order valence-electron chi connectivity index (χ2n) is 7.07. The van der Waals surface area contributed by atoms with Crippen molar-refractivity contribution >= 4 is 23.1 Å². The molecule has 5 nitrogen and oxygen atoms in total. The summed E-state index contributed by atoms with van der Waals surface area (Å²) in [6.45, 7) is 6.21. The lowest BCUT2D eigenvalue weighted by molar-refractivity contribution is 0.0976. The Morgan fingerprint density at radius 1 is 1.07 bits per heavy atom. The lowest BCUT2D eigenvalue weighted by atomic mass is 10.1. The molecular formula is C22H22N4O. The number of para-hydroxylation sites is 1. The maximum absolute atomic E-state index is 13.0. The van der Waals surface area contributed by atoms with E-state index in [9.17, 15) is 4.79 Å². The van der Waals surface area contributed by atoms with Crippen molar-refractivity contribution in [3.8, 4) is 0 Å². The zero-order valence-corrected chi connectivity index (χ0v) is 15.7. The van der Waals surface area contributed by atoms with E-state index in [1.54, 1.807) is 12.4 Å². The molecule has 2 heterocycles. The van der Waals surface area contributed by atoms with Gasteiger partial charge in [0.15, 0.2) is 0 Å². The first-order chi connectivity index (χ1) is 13.0. The molecule has 27 heavy (non-hydrogen) atoms. The Hall–Kier alpha value is -3.21. The van der Waals surface area contributed by atoms with Crippen LogP contribution in [0.1, 0.15) is 34.1 Å². The van der Waals surface area contributed by atoms with Crippen molar-refractivity contribution in [1.29, 1.82) is 0 Å². The van der Waals surface area contributed by atoms with Crippen molar-refractivity contribution in [3.63, 3.8) is 0 Å². The largest absolute Gasteiger partial charge is 0.339 e. The summed E-state index contributed by atoms with van der Waals surface area (Å²) in [6, 6.07) is 14.3. The molecule has 1 amide bonds. The summed E-state index contributed by atoms with van der Waals surface area (Å²) in [7, 11) is 0. The van der Waals surface area contributed by atoms with Crippen LogP contribution in [0.15, 0.2) is 54.9 Å². The van der Waals surface area contributed by atoms with Gasteiger partial charge in [-0.2, -0.15) is 0 Å². The van der Waals surface area contributed by atoms with E-state index in [-0.39, 0.29) is 11.9 Å². The molecular weight excluding hydrogens is 336 g/mol. The summed E-state index contributed by atoms with van der Waals surface area (Å²) >= 11 is 0. The highest BCUT2D eigenvalue weighted by atomic mass is 16.2. The average molecular weight is 358 g/mol. The van der Waals surface area contributed by atoms with Crippen LogP contribution in [0, 0.1) is 13.8 Å². The van der Waals surface area contributed by atoms with E-state index in [4.69, 9.17) is 0 Å².